The summed E-state index contributed by atoms with van der Waals surface area (Å²) in [6, 6.07) is 0. The Kier molecular flexibility index (Phi) is 3.30. The zero-order chi connectivity index (χ0) is 11.0. The highest BCUT2D eigenvalue weighted by Gasteiger charge is 2.31. The monoisotopic (exact) mass is 197 g/mol. The van der Waals surface area contributed by atoms with Crippen LogP contribution in [-0.4, -0.2) is 23.5 Å². The average Bonchev–Trinajstić information content (AvgIpc) is 2.05. The molecule has 0 aromatic heterocycles. The van der Waals surface area contributed by atoms with Gasteiger partial charge in [0, 0.05) is 12.1 Å². The minimum absolute atomic E-state index is 0.342. The Bertz CT molecular complexity index is 188. The van der Waals surface area contributed by atoms with Crippen molar-refractivity contribution in [1.29, 1.82) is 0 Å². The van der Waals surface area contributed by atoms with Crippen LogP contribution >= 0.6 is 0 Å². The lowest BCUT2D eigenvalue weighted by Crippen LogP contribution is -2.43. The van der Waals surface area contributed by atoms with Crippen molar-refractivity contribution in [3.05, 3.63) is 0 Å². The second-order valence-corrected chi connectivity index (χ2v) is 6.84. The highest BCUT2D eigenvalue weighted by Crippen LogP contribution is 2.34. The Labute approximate surface area is 89.9 Å². The summed E-state index contributed by atoms with van der Waals surface area (Å²) in [6.07, 6.45) is 2.72. The maximum absolute atomic E-state index is 2.65. The molecule has 0 bridgehead atoms. The normalized spacial score (nSPS) is 30.0. The number of rotatable bonds is 0. The first-order chi connectivity index (χ1) is 6.21. The summed E-state index contributed by atoms with van der Waals surface area (Å²) in [5.74, 6) is 0.840. The van der Waals surface area contributed by atoms with E-state index in [4.69, 9.17) is 0 Å². The van der Waals surface area contributed by atoms with Crippen molar-refractivity contribution in [2.45, 2.75) is 59.9 Å². The molecule has 1 saturated heterocycles. The first-order valence-electron chi connectivity index (χ1n) is 5.96. The lowest BCUT2D eigenvalue weighted by molar-refractivity contribution is 0.126. The van der Waals surface area contributed by atoms with Crippen LogP contribution in [-0.2, 0) is 0 Å². The first kappa shape index (κ1) is 12.0. The van der Waals surface area contributed by atoms with Crippen molar-refractivity contribution >= 4 is 0 Å². The van der Waals surface area contributed by atoms with Crippen LogP contribution in [0, 0.1) is 11.3 Å². The SMILES string of the molecule is CC1CN(C(C)(C)C)CCC(C)(C)C1. The lowest BCUT2D eigenvalue weighted by Gasteiger charge is -2.36. The molecule has 0 aliphatic carbocycles. The van der Waals surface area contributed by atoms with Crippen LogP contribution in [0.2, 0.25) is 0 Å². The molecule has 1 nitrogen and oxygen atoms in total. The third-order valence-electron chi connectivity index (χ3n) is 3.44. The van der Waals surface area contributed by atoms with Crippen LogP contribution in [0.15, 0.2) is 0 Å². The number of nitrogens with zero attached hydrogens (tertiary/aromatic N) is 1. The van der Waals surface area contributed by atoms with Gasteiger partial charge >= 0.3 is 0 Å². The van der Waals surface area contributed by atoms with Crippen molar-refractivity contribution in [3.8, 4) is 0 Å². The summed E-state index contributed by atoms with van der Waals surface area (Å²) in [4.78, 5) is 2.65. The predicted molar refractivity (Wildman–Crippen MR) is 63.5 cm³/mol. The molecule has 1 heterocycles. The fraction of sp³-hybridized carbons (Fsp3) is 1.00. The maximum Gasteiger partial charge on any atom is 0.0125 e. The van der Waals surface area contributed by atoms with E-state index in [1.165, 1.54) is 25.9 Å². The van der Waals surface area contributed by atoms with E-state index in [1.54, 1.807) is 0 Å². The molecule has 1 aliphatic rings. The molecular weight excluding hydrogens is 170 g/mol. The topological polar surface area (TPSA) is 3.24 Å². The van der Waals surface area contributed by atoms with E-state index in [9.17, 15) is 0 Å². The Morgan fingerprint density at radius 3 is 2.29 bits per heavy atom. The highest BCUT2D eigenvalue weighted by atomic mass is 15.2. The summed E-state index contributed by atoms with van der Waals surface area (Å²) in [5.41, 5.74) is 0.883. The molecule has 1 fully saturated rings. The van der Waals surface area contributed by atoms with Crippen molar-refractivity contribution in [2.75, 3.05) is 13.1 Å². The van der Waals surface area contributed by atoms with Gasteiger partial charge in [0.05, 0.1) is 0 Å². The molecule has 0 N–H and O–H groups in total. The van der Waals surface area contributed by atoms with Crippen molar-refractivity contribution < 1.29 is 0 Å². The van der Waals surface area contributed by atoms with E-state index >= 15 is 0 Å². The zero-order valence-corrected chi connectivity index (χ0v) is 10.9. The quantitative estimate of drug-likeness (QED) is 0.574. The summed E-state index contributed by atoms with van der Waals surface area (Å²) >= 11 is 0. The van der Waals surface area contributed by atoms with Crippen LogP contribution in [0.5, 0.6) is 0 Å². The lowest BCUT2D eigenvalue weighted by atomic mass is 9.82. The van der Waals surface area contributed by atoms with Crippen LogP contribution in [0.25, 0.3) is 0 Å². The molecule has 1 aliphatic heterocycles. The zero-order valence-electron chi connectivity index (χ0n) is 10.9. The standard InChI is InChI=1S/C13H27N/c1-11-9-13(5,6)7-8-14(10-11)12(2,3)4/h11H,7-10H2,1-6H3. The third kappa shape index (κ3) is 3.27. The molecule has 0 spiro atoms. The molecule has 0 aromatic rings. The van der Waals surface area contributed by atoms with E-state index in [1.807, 2.05) is 0 Å². The molecule has 1 unspecified atom stereocenters. The minimum atomic E-state index is 0.342. The van der Waals surface area contributed by atoms with Crippen LogP contribution in [0.1, 0.15) is 54.4 Å². The van der Waals surface area contributed by atoms with Gasteiger partial charge in [-0.2, -0.15) is 0 Å². The molecule has 0 aromatic carbocycles. The van der Waals surface area contributed by atoms with Crippen LogP contribution < -0.4 is 0 Å². The smallest absolute Gasteiger partial charge is 0.0125 e. The molecule has 1 heteroatoms. The first-order valence-corrected chi connectivity index (χ1v) is 5.96. The van der Waals surface area contributed by atoms with Gasteiger partial charge in [0.2, 0.25) is 0 Å². The van der Waals surface area contributed by atoms with E-state index < -0.39 is 0 Å². The Hall–Kier alpha value is -0.0400. The molecule has 14 heavy (non-hydrogen) atoms. The summed E-state index contributed by atoms with van der Waals surface area (Å²) < 4.78 is 0. The minimum Gasteiger partial charge on any atom is -0.298 e. The van der Waals surface area contributed by atoms with Gasteiger partial charge in [-0.25, -0.2) is 0 Å². The predicted octanol–water partition coefficient (Wildman–Crippen LogP) is 3.54. The molecule has 0 radical (unpaired) electrons. The van der Waals surface area contributed by atoms with Gasteiger partial charge in [0.1, 0.15) is 0 Å². The van der Waals surface area contributed by atoms with E-state index in [0.29, 0.717) is 11.0 Å². The second kappa shape index (κ2) is 3.84. The van der Waals surface area contributed by atoms with Crippen molar-refractivity contribution in [3.63, 3.8) is 0 Å². The Balaban J connectivity index is 2.68. The largest absolute Gasteiger partial charge is 0.298 e. The van der Waals surface area contributed by atoms with E-state index in [2.05, 4.69) is 46.4 Å². The molecule has 0 saturated carbocycles. The molecular formula is C13H27N. The molecule has 1 rings (SSSR count). The van der Waals surface area contributed by atoms with E-state index in [-0.39, 0.29) is 0 Å². The molecule has 84 valence electrons. The van der Waals surface area contributed by atoms with Gasteiger partial charge < -0.3 is 0 Å². The molecule has 1 atom stereocenters. The number of hydrogen-bond acceptors (Lipinski definition) is 1. The summed E-state index contributed by atoms with van der Waals surface area (Å²) in [6.45, 7) is 16.7. The van der Waals surface area contributed by atoms with Crippen LogP contribution in [0.3, 0.4) is 0 Å². The van der Waals surface area contributed by atoms with Gasteiger partial charge in [-0.1, -0.05) is 20.8 Å². The van der Waals surface area contributed by atoms with Gasteiger partial charge in [0.15, 0.2) is 0 Å². The van der Waals surface area contributed by atoms with Crippen molar-refractivity contribution in [1.82, 2.24) is 4.90 Å². The molecule has 0 amide bonds. The third-order valence-corrected chi connectivity index (χ3v) is 3.44. The maximum atomic E-state index is 2.65. The van der Waals surface area contributed by atoms with E-state index in [0.717, 1.165) is 5.92 Å². The van der Waals surface area contributed by atoms with Crippen molar-refractivity contribution in [2.24, 2.45) is 11.3 Å². The fourth-order valence-electron chi connectivity index (χ4n) is 2.62. The Morgan fingerprint density at radius 1 is 1.21 bits per heavy atom. The van der Waals surface area contributed by atoms with Crippen LogP contribution in [0.4, 0.5) is 0 Å². The summed E-state index contributed by atoms with van der Waals surface area (Å²) in [5, 5.41) is 0. The van der Waals surface area contributed by atoms with Gasteiger partial charge in [0.25, 0.3) is 0 Å². The summed E-state index contributed by atoms with van der Waals surface area (Å²) in [7, 11) is 0. The van der Waals surface area contributed by atoms with Gasteiger partial charge in [-0.15, -0.1) is 0 Å². The Morgan fingerprint density at radius 2 is 1.79 bits per heavy atom. The second-order valence-electron chi connectivity index (χ2n) is 6.84. The average molecular weight is 197 g/mol. The van der Waals surface area contributed by atoms with Gasteiger partial charge in [-0.3, -0.25) is 4.90 Å². The number of likely N-dealkylation sites (tertiary alicyclic amines) is 1. The number of hydrogen-bond donors (Lipinski definition) is 0. The highest BCUT2D eigenvalue weighted by molar-refractivity contribution is 4.85. The fourth-order valence-corrected chi connectivity index (χ4v) is 2.62. The van der Waals surface area contributed by atoms with Gasteiger partial charge in [-0.05, 0) is 51.5 Å².